The molecule has 0 aliphatic carbocycles. The van der Waals surface area contributed by atoms with Crippen molar-refractivity contribution in [1.29, 1.82) is 0 Å². The highest BCUT2D eigenvalue weighted by Gasteiger charge is 2.27. The summed E-state index contributed by atoms with van der Waals surface area (Å²) < 4.78 is 0. The van der Waals surface area contributed by atoms with Crippen LogP contribution in [-0.2, 0) is 0 Å². The summed E-state index contributed by atoms with van der Waals surface area (Å²) in [6.45, 7) is 3.92. The van der Waals surface area contributed by atoms with Crippen LogP contribution in [0, 0.1) is 10.1 Å². The Hall–Kier alpha value is -1.96. The monoisotopic (exact) mass is 255 g/mol. The predicted octanol–water partition coefficient (Wildman–Crippen LogP) is 0.634. The van der Waals surface area contributed by atoms with Crippen molar-refractivity contribution < 1.29 is 10.0 Å². The molecule has 0 saturated heterocycles. The Morgan fingerprint density at radius 2 is 2.22 bits per heavy atom. The van der Waals surface area contributed by atoms with E-state index in [0.717, 1.165) is 0 Å². The van der Waals surface area contributed by atoms with Gasteiger partial charge < -0.3 is 15.3 Å². The van der Waals surface area contributed by atoms with Crippen molar-refractivity contribution >= 4 is 17.3 Å². The molecule has 0 aliphatic rings. The van der Waals surface area contributed by atoms with Crippen molar-refractivity contribution in [3.05, 3.63) is 16.4 Å². The van der Waals surface area contributed by atoms with Gasteiger partial charge in [-0.05, 0) is 13.8 Å². The van der Waals surface area contributed by atoms with Crippen LogP contribution < -0.4 is 10.2 Å². The van der Waals surface area contributed by atoms with E-state index >= 15 is 0 Å². The summed E-state index contributed by atoms with van der Waals surface area (Å²) in [5.74, 6) is 0.372. The van der Waals surface area contributed by atoms with Gasteiger partial charge in [0.25, 0.3) is 0 Å². The number of hydrogen-bond donors (Lipinski definition) is 2. The molecule has 1 aromatic rings. The van der Waals surface area contributed by atoms with Gasteiger partial charge in [0, 0.05) is 19.6 Å². The summed E-state index contributed by atoms with van der Waals surface area (Å²) in [6.07, 6.45) is 1.26. The van der Waals surface area contributed by atoms with Crippen molar-refractivity contribution in [1.82, 2.24) is 9.97 Å². The van der Waals surface area contributed by atoms with Crippen LogP contribution in [0.5, 0.6) is 0 Å². The number of aliphatic hydroxyl groups is 1. The minimum absolute atomic E-state index is 0.0181. The van der Waals surface area contributed by atoms with Gasteiger partial charge in [-0.25, -0.2) is 9.97 Å². The van der Waals surface area contributed by atoms with Gasteiger partial charge >= 0.3 is 5.69 Å². The smallest absolute Gasteiger partial charge is 0.353 e. The van der Waals surface area contributed by atoms with Crippen LogP contribution in [0.4, 0.5) is 17.3 Å². The van der Waals surface area contributed by atoms with Gasteiger partial charge in [0.2, 0.25) is 11.6 Å². The zero-order chi connectivity index (χ0) is 13.7. The second-order valence-electron chi connectivity index (χ2n) is 3.91. The van der Waals surface area contributed by atoms with Crippen LogP contribution in [0.3, 0.4) is 0 Å². The fourth-order valence-electron chi connectivity index (χ4n) is 1.65. The Balaban J connectivity index is 3.32. The third kappa shape index (κ3) is 2.83. The van der Waals surface area contributed by atoms with Gasteiger partial charge in [-0.15, -0.1) is 0 Å². The lowest BCUT2D eigenvalue weighted by molar-refractivity contribution is -0.383. The number of aliphatic hydroxyl groups excluding tert-OH is 1. The number of rotatable bonds is 6. The molecule has 18 heavy (non-hydrogen) atoms. The predicted molar refractivity (Wildman–Crippen MR) is 67.8 cm³/mol. The summed E-state index contributed by atoms with van der Waals surface area (Å²) in [6, 6.07) is -0.0181. The standard InChI is InChI=1S/C10H17N5O3/c1-7(2)14(4-5-16)10-8(15(17)18)9(11-3)12-6-13-10/h6-7,16H,4-5H2,1-3H3,(H,11,12,13). The molecule has 2 N–H and O–H groups in total. The maximum absolute atomic E-state index is 11.1. The first-order valence-electron chi connectivity index (χ1n) is 5.57. The second-order valence-corrected chi connectivity index (χ2v) is 3.91. The van der Waals surface area contributed by atoms with Gasteiger partial charge in [-0.2, -0.15) is 0 Å². The van der Waals surface area contributed by atoms with E-state index in [1.807, 2.05) is 13.8 Å². The maximum atomic E-state index is 11.1. The SMILES string of the molecule is CNc1ncnc(N(CCO)C(C)C)c1[N+](=O)[O-]. The van der Waals surface area contributed by atoms with Gasteiger partial charge in [0.05, 0.1) is 11.5 Å². The first-order valence-corrected chi connectivity index (χ1v) is 5.57. The molecule has 0 unspecified atom stereocenters. The first-order chi connectivity index (χ1) is 8.52. The summed E-state index contributed by atoms with van der Waals surface area (Å²) in [5.41, 5.74) is -0.179. The number of nitrogens with one attached hydrogen (secondary N) is 1. The number of aromatic nitrogens is 2. The van der Waals surface area contributed by atoms with Crippen molar-refractivity contribution in [3.63, 3.8) is 0 Å². The van der Waals surface area contributed by atoms with Crippen molar-refractivity contribution in [3.8, 4) is 0 Å². The van der Waals surface area contributed by atoms with E-state index in [4.69, 9.17) is 5.11 Å². The lowest BCUT2D eigenvalue weighted by atomic mass is 10.3. The van der Waals surface area contributed by atoms with E-state index in [2.05, 4.69) is 15.3 Å². The van der Waals surface area contributed by atoms with Crippen LogP contribution in [0.15, 0.2) is 6.33 Å². The van der Waals surface area contributed by atoms with Crippen molar-refractivity contribution in [2.24, 2.45) is 0 Å². The minimum atomic E-state index is -0.520. The molecule has 0 spiro atoms. The van der Waals surface area contributed by atoms with E-state index in [1.165, 1.54) is 6.33 Å². The Bertz CT molecular complexity index is 424. The molecule has 0 aliphatic heterocycles. The zero-order valence-corrected chi connectivity index (χ0v) is 10.6. The first kappa shape index (κ1) is 14.1. The molecule has 0 aromatic carbocycles. The molecule has 8 heteroatoms. The van der Waals surface area contributed by atoms with E-state index in [9.17, 15) is 10.1 Å². The Morgan fingerprint density at radius 1 is 1.56 bits per heavy atom. The molecule has 1 rings (SSSR count). The molecular formula is C10H17N5O3. The summed E-state index contributed by atoms with van der Waals surface area (Å²) >= 11 is 0. The normalized spacial score (nSPS) is 10.5. The topological polar surface area (TPSA) is 104 Å². The molecule has 1 aromatic heterocycles. The lowest BCUT2D eigenvalue weighted by Crippen LogP contribution is -2.34. The Kier molecular flexibility index (Phi) is 4.78. The van der Waals surface area contributed by atoms with E-state index in [1.54, 1.807) is 11.9 Å². The molecule has 0 atom stereocenters. The summed E-state index contributed by atoms with van der Waals surface area (Å²) in [5, 5.41) is 22.8. The van der Waals surface area contributed by atoms with Crippen LogP contribution in [-0.4, -0.2) is 46.2 Å². The number of anilines is 2. The summed E-state index contributed by atoms with van der Waals surface area (Å²) in [7, 11) is 1.56. The molecular weight excluding hydrogens is 238 g/mol. The Labute approximate surface area is 105 Å². The average Bonchev–Trinajstić information content (AvgIpc) is 2.34. The van der Waals surface area contributed by atoms with Crippen LogP contribution in [0.2, 0.25) is 0 Å². The van der Waals surface area contributed by atoms with Gasteiger partial charge in [0.15, 0.2) is 0 Å². The van der Waals surface area contributed by atoms with E-state index in [0.29, 0.717) is 0 Å². The van der Waals surface area contributed by atoms with Gasteiger partial charge in [0.1, 0.15) is 6.33 Å². The molecule has 0 saturated carbocycles. The third-order valence-electron chi connectivity index (χ3n) is 2.46. The number of nitro groups is 1. The second kappa shape index (κ2) is 6.10. The highest BCUT2D eigenvalue weighted by atomic mass is 16.6. The highest BCUT2D eigenvalue weighted by molar-refractivity contribution is 5.70. The van der Waals surface area contributed by atoms with Crippen LogP contribution >= 0.6 is 0 Å². The Morgan fingerprint density at radius 3 is 2.67 bits per heavy atom. The molecule has 0 bridgehead atoms. The minimum Gasteiger partial charge on any atom is -0.395 e. The molecule has 100 valence electrons. The van der Waals surface area contributed by atoms with Crippen LogP contribution in [0.1, 0.15) is 13.8 Å². The average molecular weight is 255 g/mol. The molecule has 8 nitrogen and oxygen atoms in total. The molecule has 0 amide bonds. The fraction of sp³-hybridized carbons (Fsp3) is 0.600. The summed E-state index contributed by atoms with van der Waals surface area (Å²) in [4.78, 5) is 20.1. The third-order valence-corrected chi connectivity index (χ3v) is 2.46. The fourth-order valence-corrected chi connectivity index (χ4v) is 1.65. The molecule has 1 heterocycles. The zero-order valence-electron chi connectivity index (χ0n) is 10.6. The molecule has 0 radical (unpaired) electrons. The number of nitrogens with zero attached hydrogens (tertiary/aromatic N) is 4. The highest BCUT2D eigenvalue weighted by Crippen LogP contribution is 2.32. The lowest BCUT2D eigenvalue weighted by Gasteiger charge is -2.26. The quantitative estimate of drug-likeness (QED) is 0.567. The molecule has 0 fully saturated rings. The number of hydrogen-bond acceptors (Lipinski definition) is 7. The van der Waals surface area contributed by atoms with Crippen molar-refractivity contribution in [2.75, 3.05) is 30.4 Å². The van der Waals surface area contributed by atoms with Crippen LogP contribution in [0.25, 0.3) is 0 Å². The van der Waals surface area contributed by atoms with E-state index in [-0.39, 0.29) is 36.5 Å². The van der Waals surface area contributed by atoms with Gasteiger partial charge in [-0.1, -0.05) is 0 Å². The van der Waals surface area contributed by atoms with E-state index < -0.39 is 4.92 Å². The van der Waals surface area contributed by atoms with Crippen molar-refractivity contribution in [2.45, 2.75) is 19.9 Å². The van der Waals surface area contributed by atoms with Gasteiger partial charge in [-0.3, -0.25) is 10.1 Å². The maximum Gasteiger partial charge on any atom is 0.353 e. The largest absolute Gasteiger partial charge is 0.395 e.